The molecule has 0 radical (unpaired) electrons. The molecule has 1 aliphatic carbocycles. The molecular formula is C23H25ClF2N2O4S2. The Kier molecular flexibility index (Phi) is 6.04. The molecule has 34 heavy (non-hydrogen) atoms. The third-order valence-electron chi connectivity index (χ3n) is 7.60. The molecule has 2 aromatic carbocycles. The van der Waals surface area contributed by atoms with Gasteiger partial charge in [-0.05, 0) is 80.5 Å². The summed E-state index contributed by atoms with van der Waals surface area (Å²) in [6, 6.07) is 7.68. The van der Waals surface area contributed by atoms with Gasteiger partial charge in [-0.15, -0.1) is 0 Å². The Labute approximate surface area is 203 Å². The predicted octanol–water partition coefficient (Wildman–Crippen LogP) is 4.16. The van der Waals surface area contributed by atoms with Crippen LogP contribution in [0, 0.1) is 17.6 Å². The van der Waals surface area contributed by atoms with Crippen LogP contribution in [0.2, 0.25) is 5.02 Å². The lowest BCUT2D eigenvalue weighted by molar-refractivity contribution is 0.0904. The number of fused-ring (bicyclic) bond motifs is 3. The topological polar surface area (TPSA) is 83.5 Å². The second-order valence-electron chi connectivity index (χ2n) is 9.39. The SMILES string of the molecule is O=S1(=O)NC2CCC(c3cc(F)ccc3F)(S(=O)(=O)c3ccc(Cl)cc3)CC2C2CCCCN21. The summed E-state index contributed by atoms with van der Waals surface area (Å²) in [7, 11) is -7.89. The molecule has 4 atom stereocenters. The number of piperidine rings is 1. The van der Waals surface area contributed by atoms with E-state index in [4.69, 9.17) is 11.6 Å². The average Bonchev–Trinajstić information content (AvgIpc) is 2.81. The molecular weight excluding hydrogens is 506 g/mol. The van der Waals surface area contributed by atoms with Crippen LogP contribution in [0.3, 0.4) is 0 Å². The number of nitrogens with zero attached hydrogens (tertiary/aromatic N) is 1. The highest BCUT2D eigenvalue weighted by molar-refractivity contribution is 7.92. The molecule has 0 aromatic heterocycles. The highest BCUT2D eigenvalue weighted by Gasteiger charge is 2.58. The Bertz CT molecular complexity index is 1320. The molecule has 3 fully saturated rings. The molecule has 2 aliphatic heterocycles. The summed E-state index contributed by atoms with van der Waals surface area (Å²) in [6.07, 6.45) is 2.27. The number of halogens is 3. The zero-order valence-corrected chi connectivity index (χ0v) is 20.6. The van der Waals surface area contributed by atoms with E-state index in [2.05, 4.69) is 4.72 Å². The average molecular weight is 531 g/mol. The van der Waals surface area contributed by atoms with E-state index in [1.165, 1.54) is 28.6 Å². The van der Waals surface area contributed by atoms with E-state index in [1.807, 2.05) is 0 Å². The second-order valence-corrected chi connectivity index (χ2v) is 13.7. The van der Waals surface area contributed by atoms with Crippen molar-refractivity contribution in [3.8, 4) is 0 Å². The zero-order valence-electron chi connectivity index (χ0n) is 18.3. The van der Waals surface area contributed by atoms with E-state index in [1.54, 1.807) is 0 Å². The molecule has 6 nitrogen and oxygen atoms in total. The first-order valence-electron chi connectivity index (χ1n) is 11.3. The Balaban J connectivity index is 1.67. The van der Waals surface area contributed by atoms with Gasteiger partial charge in [0, 0.05) is 29.2 Å². The molecule has 1 N–H and O–H groups in total. The van der Waals surface area contributed by atoms with Crippen molar-refractivity contribution in [2.75, 3.05) is 6.54 Å². The Morgan fingerprint density at radius 3 is 2.53 bits per heavy atom. The Morgan fingerprint density at radius 1 is 1.06 bits per heavy atom. The van der Waals surface area contributed by atoms with Crippen molar-refractivity contribution in [1.29, 1.82) is 0 Å². The van der Waals surface area contributed by atoms with Gasteiger partial charge in [-0.25, -0.2) is 17.2 Å². The van der Waals surface area contributed by atoms with Gasteiger partial charge in [-0.2, -0.15) is 17.4 Å². The highest BCUT2D eigenvalue weighted by Crippen LogP contribution is 2.52. The standard InChI is InChI=1S/C23H25ClF2N2O4S2/c24-15-4-7-17(8-5-15)33(29,30)23(19-13-16(25)6-9-20(19)26)11-10-21-18(14-23)22-3-1-2-12-28(22)34(31,32)27-21/h4-9,13,18,21-22,27H,1-3,10-12,14H2. The van der Waals surface area contributed by atoms with E-state index in [-0.39, 0.29) is 41.7 Å². The zero-order chi connectivity index (χ0) is 24.3. The fourth-order valence-electron chi connectivity index (χ4n) is 6.01. The summed E-state index contributed by atoms with van der Waals surface area (Å²) in [5.74, 6) is -1.90. The van der Waals surface area contributed by atoms with Gasteiger partial charge in [0.1, 0.15) is 16.4 Å². The van der Waals surface area contributed by atoms with Gasteiger partial charge in [-0.3, -0.25) is 0 Å². The first-order chi connectivity index (χ1) is 16.0. The van der Waals surface area contributed by atoms with E-state index < -0.39 is 42.5 Å². The highest BCUT2D eigenvalue weighted by atomic mass is 35.5. The lowest BCUT2D eigenvalue weighted by Gasteiger charge is -2.53. The van der Waals surface area contributed by atoms with Crippen molar-refractivity contribution in [3.05, 3.63) is 64.7 Å². The number of nitrogens with one attached hydrogen (secondary N) is 1. The Morgan fingerprint density at radius 2 is 1.79 bits per heavy atom. The van der Waals surface area contributed by atoms with Crippen LogP contribution in [0.4, 0.5) is 8.78 Å². The molecule has 2 aromatic rings. The molecule has 11 heteroatoms. The van der Waals surface area contributed by atoms with Crippen LogP contribution in [0.5, 0.6) is 0 Å². The maximum absolute atomic E-state index is 15.2. The van der Waals surface area contributed by atoms with Crippen LogP contribution in [-0.4, -0.2) is 39.8 Å². The minimum atomic E-state index is -4.21. The summed E-state index contributed by atoms with van der Waals surface area (Å²) in [5.41, 5.74) is -0.211. The van der Waals surface area contributed by atoms with Gasteiger partial charge in [0.05, 0.1) is 4.90 Å². The van der Waals surface area contributed by atoms with Crippen molar-refractivity contribution in [3.63, 3.8) is 0 Å². The van der Waals surface area contributed by atoms with Gasteiger partial charge in [0.25, 0.3) is 10.2 Å². The van der Waals surface area contributed by atoms with Crippen molar-refractivity contribution >= 4 is 31.6 Å². The Hall–Kier alpha value is -1.59. The largest absolute Gasteiger partial charge is 0.279 e. The third-order valence-corrected chi connectivity index (χ3v) is 12.0. The summed E-state index contributed by atoms with van der Waals surface area (Å²) in [4.78, 5) is -0.0316. The summed E-state index contributed by atoms with van der Waals surface area (Å²) in [5, 5.41) is 0.355. The third kappa shape index (κ3) is 3.78. The monoisotopic (exact) mass is 530 g/mol. The molecule has 0 amide bonds. The molecule has 3 aliphatic rings. The molecule has 2 saturated heterocycles. The van der Waals surface area contributed by atoms with Crippen molar-refractivity contribution in [2.24, 2.45) is 5.92 Å². The maximum atomic E-state index is 15.2. The van der Waals surface area contributed by atoms with Crippen LogP contribution in [0.25, 0.3) is 0 Å². The normalized spacial score (nSPS) is 31.4. The minimum absolute atomic E-state index is 0.0211. The van der Waals surface area contributed by atoms with E-state index in [9.17, 15) is 21.2 Å². The van der Waals surface area contributed by atoms with E-state index in [0.717, 1.165) is 31.0 Å². The van der Waals surface area contributed by atoms with E-state index >= 15 is 4.39 Å². The molecule has 184 valence electrons. The molecule has 5 rings (SSSR count). The number of hydrogen-bond donors (Lipinski definition) is 1. The predicted molar refractivity (Wildman–Crippen MR) is 124 cm³/mol. The lowest BCUT2D eigenvalue weighted by Crippen LogP contribution is -2.66. The second kappa shape index (κ2) is 8.51. The van der Waals surface area contributed by atoms with E-state index in [0.29, 0.717) is 18.0 Å². The van der Waals surface area contributed by atoms with Crippen LogP contribution in [-0.2, 0) is 24.8 Å². The molecule has 0 bridgehead atoms. The molecule has 0 spiro atoms. The summed E-state index contributed by atoms with van der Waals surface area (Å²) >= 11 is 5.96. The fourth-order valence-corrected chi connectivity index (χ4v) is 10.1. The first kappa shape index (κ1) is 24.1. The van der Waals surface area contributed by atoms with Crippen molar-refractivity contribution < 1.29 is 25.6 Å². The quantitative estimate of drug-likeness (QED) is 0.646. The first-order valence-corrected chi connectivity index (χ1v) is 14.6. The van der Waals surface area contributed by atoms with Crippen LogP contribution in [0.1, 0.15) is 44.1 Å². The van der Waals surface area contributed by atoms with Crippen molar-refractivity contribution in [1.82, 2.24) is 9.03 Å². The summed E-state index contributed by atoms with van der Waals surface area (Å²) < 4.78 is 85.9. The van der Waals surface area contributed by atoms with Gasteiger partial charge < -0.3 is 0 Å². The van der Waals surface area contributed by atoms with Crippen LogP contribution < -0.4 is 4.72 Å². The lowest BCUT2D eigenvalue weighted by atomic mass is 9.70. The van der Waals surface area contributed by atoms with Gasteiger partial charge in [0.15, 0.2) is 9.84 Å². The molecule has 4 unspecified atom stereocenters. The maximum Gasteiger partial charge on any atom is 0.279 e. The van der Waals surface area contributed by atoms with Crippen molar-refractivity contribution in [2.45, 2.75) is 60.3 Å². The number of sulfone groups is 1. The number of hydrogen-bond acceptors (Lipinski definition) is 4. The van der Waals surface area contributed by atoms with Gasteiger partial charge >= 0.3 is 0 Å². The van der Waals surface area contributed by atoms with Crippen LogP contribution in [0.15, 0.2) is 47.4 Å². The number of rotatable bonds is 3. The fraction of sp³-hybridized carbons (Fsp3) is 0.478. The summed E-state index contributed by atoms with van der Waals surface area (Å²) in [6.45, 7) is 0.356. The number of benzene rings is 2. The molecule has 2 heterocycles. The molecule has 1 saturated carbocycles. The van der Waals surface area contributed by atoms with Crippen LogP contribution >= 0.6 is 11.6 Å². The van der Waals surface area contributed by atoms with Gasteiger partial charge in [-0.1, -0.05) is 18.0 Å². The van der Waals surface area contributed by atoms with Gasteiger partial charge in [0.2, 0.25) is 0 Å². The minimum Gasteiger partial charge on any atom is -0.223 e. The smallest absolute Gasteiger partial charge is 0.223 e.